The third-order valence-electron chi connectivity index (χ3n) is 3.09. The minimum Gasteiger partial charge on any atom is -0.354 e. The van der Waals surface area contributed by atoms with E-state index in [4.69, 9.17) is 11.6 Å². The Bertz CT molecular complexity index is 421. The van der Waals surface area contributed by atoms with Gasteiger partial charge in [0, 0.05) is 19.6 Å². The Labute approximate surface area is 113 Å². The molecule has 0 saturated carbocycles. The van der Waals surface area contributed by atoms with Gasteiger partial charge < -0.3 is 10.2 Å². The zero-order chi connectivity index (χ0) is 13.2. The van der Waals surface area contributed by atoms with Crippen LogP contribution in [0.15, 0.2) is 0 Å². The lowest BCUT2D eigenvalue weighted by molar-refractivity contribution is 0.418. The lowest BCUT2D eigenvalue weighted by Gasteiger charge is -2.20. The molecule has 1 saturated heterocycles. The van der Waals surface area contributed by atoms with Crippen LogP contribution in [-0.4, -0.2) is 34.6 Å². The van der Waals surface area contributed by atoms with Crippen LogP contribution in [0, 0.1) is 5.41 Å². The summed E-state index contributed by atoms with van der Waals surface area (Å²) in [5.41, 5.74) is 0.316. The molecule has 0 unspecified atom stereocenters. The average molecular weight is 270 g/mol. The molecule has 0 aromatic carbocycles. The summed E-state index contributed by atoms with van der Waals surface area (Å²) in [4.78, 5) is 14.9. The highest BCUT2D eigenvalue weighted by atomic mass is 35.5. The molecule has 2 rings (SSSR count). The fraction of sp³-hybridized carbons (Fsp3) is 0.750. The van der Waals surface area contributed by atoms with Gasteiger partial charge in [0.15, 0.2) is 0 Å². The van der Waals surface area contributed by atoms with E-state index in [1.807, 2.05) is 0 Å². The number of rotatable bonds is 4. The van der Waals surface area contributed by atoms with E-state index in [9.17, 15) is 0 Å². The number of anilines is 2. The summed E-state index contributed by atoms with van der Waals surface area (Å²) in [5, 5.41) is 3.40. The first kappa shape index (κ1) is 13.3. The van der Waals surface area contributed by atoms with Gasteiger partial charge in [-0.2, -0.15) is 15.0 Å². The number of aromatic nitrogens is 3. The van der Waals surface area contributed by atoms with E-state index < -0.39 is 0 Å². The molecule has 0 bridgehead atoms. The molecule has 0 spiro atoms. The Morgan fingerprint density at radius 2 is 2.11 bits per heavy atom. The molecule has 1 aliphatic rings. The van der Waals surface area contributed by atoms with Gasteiger partial charge in [0.25, 0.3) is 0 Å². The first-order valence-electron chi connectivity index (χ1n) is 6.40. The minimum atomic E-state index is 0.253. The van der Waals surface area contributed by atoms with E-state index in [2.05, 4.69) is 45.9 Å². The summed E-state index contributed by atoms with van der Waals surface area (Å²) in [6.45, 7) is 9.38. The van der Waals surface area contributed by atoms with Gasteiger partial charge in [-0.25, -0.2) is 0 Å². The topological polar surface area (TPSA) is 53.9 Å². The monoisotopic (exact) mass is 269 g/mol. The lowest BCUT2D eigenvalue weighted by atomic mass is 9.93. The van der Waals surface area contributed by atoms with E-state index in [1.54, 1.807) is 0 Å². The zero-order valence-corrected chi connectivity index (χ0v) is 12.0. The lowest BCUT2D eigenvalue weighted by Crippen LogP contribution is -2.25. The minimum absolute atomic E-state index is 0.253. The van der Waals surface area contributed by atoms with Crippen molar-refractivity contribution in [2.45, 2.75) is 33.6 Å². The molecule has 18 heavy (non-hydrogen) atoms. The maximum Gasteiger partial charge on any atom is 0.231 e. The number of nitrogens with zero attached hydrogens (tertiary/aromatic N) is 4. The molecule has 5 nitrogen and oxygen atoms in total. The van der Waals surface area contributed by atoms with Crippen LogP contribution in [-0.2, 0) is 0 Å². The summed E-state index contributed by atoms with van der Waals surface area (Å²) in [6.07, 6.45) is 2.17. The maximum absolute atomic E-state index is 5.95. The summed E-state index contributed by atoms with van der Waals surface area (Å²) < 4.78 is 0. The van der Waals surface area contributed by atoms with Crippen LogP contribution in [0.2, 0.25) is 5.28 Å². The molecule has 6 heteroatoms. The van der Waals surface area contributed by atoms with Crippen molar-refractivity contribution in [3.8, 4) is 0 Å². The molecule has 0 radical (unpaired) electrons. The van der Waals surface area contributed by atoms with Crippen molar-refractivity contribution in [3.63, 3.8) is 0 Å². The van der Waals surface area contributed by atoms with Crippen LogP contribution in [0.5, 0.6) is 0 Å². The molecule has 1 N–H and O–H groups in total. The second kappa shape index (κ2) is 5.26. The van der Waals surface area contributed by atoms with Crippen molar-refractivity contribution in [2.75, 3.05) is 29.9 Å². The van der Waals surface area contributed by atoms with Crippen molar-refractivity contribution in [1.82, 2.24) is 15.0 Å². The second-order valence-corrected chi connectivity index (χ2v) is 5.83. The van der Waals surface area contributed by atoms with Gasteiger partial charge in [-0.05, 0) is 29.9 Å². The van der Waals surface area contributed by atoms with Gasteiger partial charge in [0.2, 0.25) is 17.2 Å². The van der Waals surface area contributed by atoms with Gasteiger partial charge in [0.05, 0.1) is 0 Å². The number of nitrogens with one attached hydrogen (secondary N) is 1. The fourth-order valence-corrected chi connectivity index (χ4v) is 2.24. The smallest absolute Gasteiger partial charge is 0.231 e. The third kappa shape index (κ3) is 3.22. The van der Waals surface area contributed by atoms with Gasteiger partial charge in [0.1, 0.15) is 0 Å². The van der Waals surface area contributed by atoms with Crippen LogP contribution in [0.1, 0.15) is 33.6 Å². The number of hydrogen-bond acceptors (Lipinski definition) is 5. The van der Waals surface area contributed by atoms with Crippen molar-refractivity contribution in [2.24, 2.45) is 5.41 Å². The summed E-state index contributed by atoms with van der Waals surface area (Å²) in [7, 11) is 0. The summed E-state index contributed by atoms with van der Waals surface area (Å²) in [6, 6.07) is 0. The molecule has 1 aliphatic heterocycles. The predicted molar refractivity (Wildman–Crippen MR) is 74.2 cm³/mol. The first-order chi connectivity index (χ1) is 8.50. The fourth-order valence-electron chi connectivity index (χ4n) is 2.08. The first-order valence-corrected chi connectivity index (χ1v) is 6.78. The molecule has 1 aromatic rings. The van der Waals surface area contributed by atoms with Crippen molar-refractivity contribution in [3.05, 3.63) is 5.28 Å². The normalized spacial score (nSPS) is 18.1. The highest BCUT2D eigenvalue weighted by Gasteiger charge is 2.31. The van der Waals surface area contributed by atoms with Gasteiger partial charge >= 0.3 is 0 Å². The van der Waals surface area contributed by atoms with Crippen LogP contribution < -0.4 is 10.2 Å². The average Bonchev–Trinajstić information content (AvgIpc) is 2.66. The highest BCUT2D eigenvalue weighted by Crippen LogP contribution is 2.31. The molecule has 1 fully saturated rings. The van der Waals surface area contributed by atoms with E-state index in [1.165, 1.54) is 0 Å². The standard InChI is InChI=1S/C12H20ClN5/c1-4-6-14-10-15-9(13)16-11(17-10)18-7-5-12(2,3)8-18/h4-8H2,1-3H3,(H,14,15,16,17). The largest absolute Gasteiger partial charge is 0.354 e. The van der Waals surface area contributed by atoms with Gasteiger partial charge in [-0.3, -0.25) is 0 Å². The predicted octanol–water partition coefficient (Wildman–Crippen LogP) is 2.58. The molecular formula is C12H20ClN5. The Kier molecular flexibility index (Phi) is 3.90. The van der Waals surface area contributed by atoms with Gasteiger partial charge in [-0.15, -0.1) is 0 Å². The Balaban J connectivity index is 2.15. The molecule has 100 valence electrons. The Hall–Kier alpha value is -1.10. The molecule has 0 amide bonds. The summed E-state index contributed by atoms with van der Waals surface area (Å²) in [5.74, 6) is 1.25. The highest BCUT2D eigenvalue weighted by molar-refractivity contribution is 6.28. The van der Waals surface area contributed by atoms with E-state index in [0.29, 0.717) is 17.3 Å². The quantitative estimate of drug-likeness (QED) is 0.911. The van der Waals surface area contributed by atoms with E-state index >= 15 is 0 Å². The molecule has 2 heterocycles. The van der Waals surface area contributed by atoms with Crippen LogP contribution in [0.25, 0.3) is 0 Å². The molecule has 0 atom stereocenters. The van der Waals surface area contributed by atoms with Crippen molar-refractivity contribution < 1.29 is 0 Å². The van der Waals surface area contributed by atoms with Gasteiger partial charge in [-0.1, -0.05) is 20.8 Å². The van der Waals surface area contributed by atoms with E-state index in [0.717, 1.165) is 32.5 Å². The van der Waals surface area contributed by atoms with Crippen molar-refractivity contribution in [1.29, 1.82) is 0 Å². The number of halogens is 1. The Morgan fingerprint density at radius 3 is 2.72 bits per heavy atom. The third-order valence-corrected chi connectivity index (χ3v) is 3.26. The Morgan fingerprint density at radius 1 is 1.33 bits per heavy atom. The SMILES string of the molecule is CCCNc1nc(Cl)nc(N2CCC(C)(C)C2)n1. The molecule has 1 aromatic heterocycles. The van der Waals surface area contributed by atoms with Crippen molar-refractivity contribution >= 4 is 23.5 Å². The van der Waals surface area contributed by atoms with E-state index in [-0.39, 0.29) is 5.28 Å². The zero-order valence-electron chi connectivity index (χ0n) is 11.2. The van der Waals surface area contributed by atoms with Crippen LogP contribution >= 0.6 is 11.6 Å². The summed E-state index contributed by atoms with van der Waals surface area (Å²) >= 11 is 5.95. The maximum atomic E-state index is 5.95. The van der Waals surface area contributed by atoms with Crippen LogP contribution in [0.4, 0.5) is 11.9 Å². The number of hydrogen-bond donors (Lipinski definition) is 1. The second-order valence-electron chi connectivity index (χ2n) is 5.49. The van der Waals surface area contributed by atoms with Crippen LogP contribution in [0.3, 0.4) is 0 Å². The molecular weight excluding hydrogens is 250 g/mol. The molecule has 0 aliphatic carbocycles.